The van der Waals surface area contributed by atoms with Crippen molar-refractivity contribution in [2.24, 2.45) is 0 Å². The summed E-state index contributed by atoms with van der Waals surface area (Å²) >= 11 is 6.31. The quantitative estimate of drug-likeness (QED) is 0.556. The van der Waals surface area contributed by atoms with Gasteiger partial charge in [-0.1, -0.05) is 11.6 Å². The number of aliphatic hydroxyl groups excluding tert-OH is 1. The van der Waals surface area contributed by atoms with Crippen molar-refractivity contribution in [1.29, 1.82) is 0 Å². The summed E-state index contributed by atoms with van der Waals surface area (Å²) in [4.78, 5) is 7.02. The third-order valence-electron chi connectivity index (χ3n) is 5.74. The van der Waals surface area contributed by atoms with E-state index in [1.54, 1.807) is 25.9 Å². The Hall–Kier alpha value is -2.09. The molecule has 31 heavy (non-hydrogen) atoms. The summed E-state index contributed by atoms with van der Waals surface area (Å²) in [7, 11) is 0.335. The molecule has 1 N–H and O–H groups in total. The normalized spacial score (nSPS) is 17.1. The van der Waals surface area contributed by atoms with Crippen molar-refractivity contribution in [3.8, 4) is 17.0 Å². The number of ether oxygens (including phenoxy) is 1. The highest BCUT2D eigenvalue weighted by atomic mass is 35.5. The van der Waals surface area contributed by atoms with E-state index >= 15 is 0 Å². The van der Waals surface area contributed by atoms with Crippen LogP contribution in [0.1, 0.15) is 5.56 Å². The lowest BCUT2D eigenvalue weighted by molar-refractivity contribution is 0.281. The molecule has 1 fully saturated rings. The predicted molar refractivity (Wildman–Crippen MR) is 122 cm³/mol. The van der Waals surface area contributed by atoms with Crippen LogP contribution in [0.25, 0.3) is 16.9 Å². The Morgan fingerprint density at radius 2 is 1.94 bits per heavy atom. The highest BCUT2D eigenvalue weighted by molar-refractivity contribution is 7.55. The fourth-order valence-electron chi connectivity index (χ4n) is 3.85. The van der Waals surface area contributed by atoms with Gasteiger partial charge in [0.15, 0.2) is 0 Å². The number of pyridine rings is 1. The SMILES string of the molecule is COc1cc(CO)c(-c2cn3ccc(N4CCN(P(C)(=O)OC)CC4)cc3n2)cc1Cl. The van der Waals surface area contributed by atoms with E-state index in [0.29, 0.717) is 29.4 Å². The lowest BCUT2D eigenvalue weighted by atomic mass is 10.1. The first-order valence-corrected chi connectivity index (χ1v) is 12.4. The summed E-state index contributed by atoms with van der Waals surface area (Å²) < 4.78 is 26.7. The number of hydrogen-bond donors (Lipinski definition) is 1. The molecule has 10 heteroatoms. The Balaban J connectivity index is 1.60. The van der Waals surface area contributed by atoms with Gasteiger partial charge < -0.3 is 23.7 Å². The molecule has 4 rings (SSSR count). The summed E-state index contributed by atoms with van der Waals surface area (Å²) in [6.07, 6.45) is 3.89. The summed E-state index contributed by atoms with van der Waals surface area (Å²) in [5, 5.41) is 10.3. The van der Waals surface area contributed by atoms with Crippen LogP contribution < -0.4 is 9.64 Å². The molecule has 3 aromatic rings. The van der Waals surface area contributed by atoms with Crippen molar-refractivity contribution in [3.05, 3.63) is 47.2 Å². The zero-order valence-corrected chi connectivity index (χ0v) is 19.4. The minimum absolute atomic E-state index is 0.144. The topological polar surface area (TPSA) is 79.5 Å². The number of benzene rings is 1. The average Bonchev–Trinajstić information content (AvgIpc) is 3.22. The van der Waals surface area contributed by atoms with Gasteiger partial charge in [0.1, 0.15) is 11.4 Å². The monoisotopic (exact) mass is 464 g/mol. The van der Waals surface area contributed by atoms with Crippen LogP contribution in [-0.2, 0) is 15.7 Å². The Morgan fingerprint density at radius 1 is 1.19 bits per heavy atom. The van der Waals surface area contributed by atoms with Crippen LogP contribution in [0.5, 0.6) is 5.75 Å². The maximum Gasteiger partial charge on any atom is 0.269 e. The van der Waals surface area contributed by atoms with Gasteiger partial charge in [0, 0.05) is 69.7 Å². The molecule has 166 valence electrons. The molecule has 1 saturated heterocycles. The first kappa shape index (κ1) is 22.1. The minimum atomic E-state index is -2.70. The van der Waals surface area contributed by atoms with Gasteiger partial charge in [-0.05, 0) is 23.8 Å². The molecule has 3 heterocycles. The molecule has 0 saturated carbocycles. The first-order chi connectivity index (χ1) is 14.9. The second-order valence-corrected chi connectivity index (χ2v) is 10.4. The first-order valence-electron chi connectivity index (χ1n) is 9.96. The molecule has 1 atom stereocenters. The van der Waals surface area contributed by atoms with Crippen LogP contribution in [0.3, 0.4) is 0 Å². The number of methoxy groups -OCH3 is 1. The van der Waals surface area contributed by atoms with Gasteiger partial charge in [-0.2, -0.15) is 0 Å². The zero-order valence-electron chi connectivity index (χ0n) is 17.8. The van der Waals surface area contributed by atoms with Gasteiger partial charge in [0.2, 0.25) is 0 Å². The Bertz CT molecular complexity index is 1140. The summed E-state index contributed by atoms with van der Waals surface area (Å²) in [5.74, 6) is 0.518. The second-order valence-electron chi connectivity index (χ2n) is 7.50. The second kappa shape index (κ2) is 8.81. The molecule has 1 aliphatic heterocycles. The fraction of sp³-hybridized carbons (Fsp3) is 0.381. The molecule has 0 bridgehead atoms. The third kappa shape index (κ3) is 4.31. The highest BCUT2D eigenvalue weighted by Gasteiger charge is 2.29. The van der Waals surface area contributed by atoms with E-state index in [9.17, 15) is 9.67 Å². The third-order valence-corrected chi connectivity index (χ3v) is 8.14. The van der Waals surface area contributed by atoms with Crippen molar-refractivity contribution in [2.45, 2.75) is 6.61 Å². The van der Waals surface area contributed by atoms with Crippen LogP contribution in [0.2, 0.25) is 5.02 Å². The largest absolute Gasteiger partial charge is 0.495 e. The average molecular weight is 465 g/mol. The van der Waals surface area contributed by atoms with Crippen LogP contribution in [0.4, 0.5) is 5.69 Å². The van der Waals surface area contributed by atoms with Crippen LogP contribution >= 0.6 is 19.1 Å². The number of aliphatic hydroxyl groups is 1. The molecular weight excluding hydrogens is 439 g/mol. The van der Waals surface area contributed by atoms with Crippen LogP contribution in [0, 0.1) is 0 Å². The van der Waals surface area contributed by atoms with Gasteiger partial charge in [-0.15, -0.1) is 0 Å². The van der Waals surface area contributed by atoms with E-state index in [4.69, 9.17) is 25.8 Å². The van der Waals surface area contributed by atoms with E-state index in [1.807, 2.05) is 33.6 Å². The molecule has 0 amide bonds. The molecule has 1 aliphatic rings. The molecular formula is C21H26ClN4O4P. The van der Waals surface area contributed by atoms with E-state index < -0.39 is 7.52 Å². The van der Waals surface area contributed by atoms with Crippen molar-refractivity contribution >= 4 is 30.5 Å². The molecule has 8 nitrogen and oxygen atoms in total. The van der Waals surface area contributed by atoms with Gasteiger partial charge in [-0.25, -0.2) is 9.65 Å². The number of rotatable bonds is 6. The number of anilines is 1. The smallest absolute Gasteiger partial charge is 0.269 e. The molecule has 1 aromatic carbocycles. The van der Waals surface area contributed by atoms with Gasteiger partial charge in [0.25, 0.3) is 7.52 Å². The number of imidazole rings is 1. The zero-order chi connectivity index (χ0) is 22.2. The summed E-state index contributed by atoms with van der Waals surface area (Å²) in [5.41, 5.74) is 4.04. The lowest BCUT2D eigenvalue weighted by Crippen LogP contribution is -2.44. The van der Waals surface area contributed by atoms with Crippen molar-refractivity contribution in [3.63, 3.8) is 0 Å². The van der Waals surface area contributed by atoms with E-state index in [1.165, 1.54) is 7.11 Å². The van der Waals surface area contributed by atoms with E-state index in [2.05, 4.69) is 4.90 Å². The predicted octanol–water partition coefficient (Wildman–Crippen LogP) is 3.75. The van der Waals surface area contributed by atoms with Crippen molar-refractivity contribution < 1.29 is 18.9 Å². The number of halogens is 1. The lowest BCUT2D eigenvalue weighted by Gasteiger charge is -2.37. The number of fused-ring (bicyclic) bond motifs is 1. The maximum atomic E-state index is 12.4. The number of piperazine rings is 1. The molecule has 0 spiro atoms. The van der Waals surface area contributed by atoms with E-state index in [0.717, 1.165) is 35.7 Å². The Kier molecular flexibility index (Phi) is 6.28. The number of hydrogen-bond acceptors (Lipinski definition) is 6. The highest BCUT2D eigenvalue weighted by Crippen LogP contribution is 2.46. The maximum absolute atomic E-state index is 12.4. The summed E-state index contributed by atoms with van der Waals surface area (Å²) in [6, 6.07) is 7.58. The van der Waals surface area contributed by atoms with Crippen LogP contribution in [-0.4, -0.2) is 66.2 Å². The molecule has 1 unspecified atom stereocenters. The van der Waals surface area contributed by atoms with E-state index in [-0.39, 0.29) is 6.61 Å². The minimum Gasteiger partial charge on any atom is -0.495 e. The molecule has 0 radical (unpaired) electrons. The summed E-state index contributed by atoms with van der Waals surface area (Å²) in [6.45, 7) is 4.39. The Morgan fingerprint density at radius 3 is 2.58 bits per heavy atom. The van der Waals surface area contributed by atoms with Crippen molar-refractivity contribution in [1.82, 2.24) is 14.1 Å². The van der Waals surface area contributed by atoms with Crippen LogP contribution in [0.15, 0.2) is 36.7 Å². The van der Waals surface area contributed by atoms with Crippen molar-refractivity contribution in [2.75, 3.05) is 52.0 Å². The van der Waals surface area contributed by atoms with Gasteiger partial charge in [0.05, 0.1) is 24.4 Å². The van der Waals surface area contributed by atoms with Gasteiger partial charge in [-0.3, -0.25) is 4.57 Å². The fourth-order valence-corrected chi connectivity index (χ4v) is 5.23. The Labute approximate surface area is 186 Å². The number of nitrogens with zero attached hydrogens (tertiary/aromatic N) is 4. The standard InChI is InChI=1S/C21H26ClN4O4P/c1-29-20-10-15(14-27)17(12-18(20)22)19-13-25-5-4-16(11-21(25)23-19)24-6-8-26(9-7-24)31(3,28)30-2/h4-5,10-13,27H,6-9,14H2,1-3H3. The molecule has 2 aromatic heterocycles. The number of aromatic nitrogens is 2. The molecule has 0 aliphatic carbocycles. The van der Waals surface area contributed by atoms with Gasteiger partial charge >= 0.3 is 0 Å².